The summed E-state index contributed by atoms with van der Waals surface area (Å²) in [5.74, 6) is 1.55. The largest absolute Gasteiger partial charge is 0.357 e. The van der Waals surface area contributed by atoms with Crippen LogP contribution in [0.1, 0.15) is 53.9 Å². The van der Waals surface area contributed by atoms with E-state index in [1.807, 2.05) is 0 Å². The van der Waals surface area contributed by atoms with Gasteiger partial charge in [-0.25, -0.2) is 0 Å². The van der Waals surface area contributed by atoms with Gasteiger partial charge in [0.25, 0.3) is 0 Å². The van der Waals surface area contributed by atoms with Crippen molar-refractivity contribution in [2.75, 3.05) is 32.7 Å². The van der Waals surface area contributed by atoms with Crippen molar-refractivity contribution in [1.82, 2.24) is 15.5 Å². The number of hydrogen-bond acceptors (Lipinski definition) is 2. The van der Waals surface area contributed by atoms with Crippen LogP contribution in [-0.2, 0) is 0 Å². The van der Waals surface area contributed by atoms with E-state index < -0.39 is 0 Å². The van der Waals surface area contributed by atoms with E-state index in [0.29, 0.717) is 5.92 Å². The molecule has 1 aliphatic rings. The summed E-state index contributed by atoms with van der Waals surface area (Å²) < 4.78 is 0. The lowest BCUT2D eigenvalue weighted by atomic mass is 10.1. The zero-order valence-corrected chi connectivity index (χ0v) is 14.1. The Hall–Kier alpha value is -0.770. The van der Waals surface area contributed by atoms with E-state index in [1.165, 1.54) is 38.9 Å². The molecule has 1 rings (SSSR count). The average molecular weight is 282 g/mol. The molecule has 4 heteroatoms. The van der Waals surface area contributed by atoms with Crippen LogP contribution in [0.25, 0.3) is 0 Å². The number of hydrogen-bond donors (Lipinski definition) is 2. The van der Waals surface area contributed by atoms with Crippen LogP contribution in [0.15, 0.2) is 4.99 Å². The minimum absolute atomic E-state index is 0.0527. The van der Waals surface area contributed by atoms with Crippen LogP contribution < -0.4 is 10.6 Å². The molecule has 118 valence electrons. The lowest BCUT2D eigenvalue weighted by Crippen LogP contribution is -2.47. The minimum Gasteiger partial charge on any atom is -0.357 e. The lowest BCUT2D eigenvalue weighted by molar-refractivity contribution is 0.203. The molecular weight excluding hydrogens is 248 g/mol. The van der Waals surface area contributed by atoms with Gasteiger partial charge in [0.15, 0.2) is 5.96 Å². The Labute approximate surface area is 125 Å². The Morgan fingerprint density at radius 2 is 1.85 bits per heavy atom. The van der Waals surface area contributed by atoms with Crippen LogP contribution in [-0.4, -0.2) is 49.1 Å². The standard InChI is InChI=1S/C16H34N4/c1-6-17-15(19-16(3,4)5)18-12-14(2)13-20-10-8-7-9-11-20/h14H,6-13H2,1-5H3,(H2,17,18,19). The van der Waals surface area contributed by atoms with Crippen LogP contribution in [0, 0.1) is 5.92 Å². The van der Waals surface area contributed by atoms with Gasteiger partial charge in [0.05, 0.1) is 0 Å². The summed E-state index contributed by atoms with van der Waals surface area (Å²) in [6.07, 6.45) is 4.14. The van der Waals surface area contributed by atoms with Crippen LogP contribution in [0.5, 0.6) is 0 Å². The van der Waals surface area contributed by atoms with E-state index in [2.05, 4.69) is 50.2 Å². The fraction of sp³-hybridized carbons (Fsp3) is 0.938. The molecule has 0 aromatic rings. The number of guanidine groups is 1. The van der Waals surface area contributed by atoms with Crippen LogP contribution >= 0.6 is 0 Å². The van der Waals surface area contributed by atoms with Crippen LogP contribution in [0.3, 0.4) is 0 Å². The molecule has 2 N–H and O–H groups in total. The van der Waals surface area contributed by atoms with Gasteiger partial charge < -0.3 is 15.5 Å². The smallest absolute Gasteiger partial charge is 0.191 e. The molecule has 1 heterocycles. The zero-order chi connectivity index (χ0) is 15.0. The highest BCUT2D eigenvalue weighted by Crippen LogP contribution is 2.11. The van der Waals surface area contributed by atoms with Gasteiger partial charge in [-0.2, -0.15) is 0 Å². The Morgan fingerprint density at radius 1 is 1.20 bits per heavy atom. The summed E-state index contributed by atoms with van der Waals surface area (Å²) in [4.78, 5) is 7.32. The van der Waals surface area contributed by atoms with Gasteiger partial charge in [-0.1, -0.05) is 13.3 Å². The third-order valence-corrected chi connectivity index (χ3v) is 3.42. The molecule has 0 radical (unpaired) electrons. The molecular formula is C16H34N4. The summed E-state index contributed by atoms with van der Waals surface area (Å²) >= 11 is 0. The molecule has 1 aliphatic heterocycles. The van der Waals surface area contributed by atoms with Gasteiger partial charge in [-0.05, 0) is 59.5 Å². The number of aliphatic imine (C=N–C) groups is 1. The third-order valence-electron chi connectivity index (χ3n) is 3.42. The minimum atomic E-state index is 0.0527. The van der Waals surface area contributed by atoms with Gasteiger partial charge in [-0.3, -0.25) is 4.99 Å². The van der Waals surface area contributed by atoms with Crippen molar-refractivity contribution in [2.45, 2.75) is 59.4 Å². The maximum atomic E-state index is 4.73. The fourth-order valence-electron chi connectivity index (χ4n) is 2.55. The molecule has 1 fully saturated rings. The first kappa shape index (κ1) is 17.3. The molecule has 0 bridgehead atoms. The number of likely N-dealkylation sites (tertiary alicyclic amines) is 1. The van der Waals surface area contributed by atoms with Crippen molar-refractivity contribution in [3.63, 3.8) is 0 Å². The highest BCUT2D eigenvalue weighted by Gasteiger charge is 2.14. The van der Waals surface area contributed by atoms with Crippen molar-refractivity contribution >= 4 is 5.96 Å². The van der Waals surface area contributed by atoms with Gasteiger partial charge >= 0.3 is 0 Å². The molecule has 4 nitrogen and oxygen atoms in total. The Kier molecular flexibility index (Phi) is 7.35. The molecule has 0 amide bonds. The predicted molar refractivity (Wildman–Crippen MR) is 88.3 cm³/mol. The van der Waals surface area contributed by atoms with Crippen LogP contribution in [0.2, 0.25) is 0 Å². The molecule has 0 saturated carbocycles. The first-order valence-corrected chi connectivity index (χ1v) is 8.19. The summed E-state index contributed by atoms with van der Waals surface area (Å²) in [6, 6.07) is 0. The summed E-state index contributed by atoms with van der Waals surface area (Å²) in [7, 11) is 0. The lowest BCUT2D eigenvalue weighted by Gasteiger charge is -2.29. The number of piperidine rings is 1. The first-order valence-electron chi connectivity index (χ1n) is 8.19. The Bertz CT molecular complexity index is 287. The van der Waals surface area contributed by atoms with E-state index in [0.717, 1.165) is 19.0 Å². The molecule has 1 atom stereocenters. The summed E-state index contributed by atoms with van der Waals surface area (Å²) in [6.45, 7) is 16.4. The Morgan fingerprint density at radius 3 is 2.40 bits per heavy atom. The maximum absolute atomic E-state index is 4.73. The van der Waals surface area contributed by atoms with E-state index in [-0.39, 0.29) is 5.54 Å². The van der Waals surface area contributed by atoms with E-state index >= 15 is 0 Å². The highest BCUT2D eigenvalue weighted by molar-refractivity contribution is 5.80. The van der Waals surface area contributed by atoms with E-state index in [4.69, 9.17) is 4.99 Å². The highest BCUT2D eigenvalue weighted by atomic mass is 15.2. The molecule has 1 unspecified atom stereocenters. The monoisotopic (exact) mass is 282 g/mol. The molecule has 1 saturated heterocycles. The second kappa shape index (κ2) is 8.50. The summed E-state index contributed by atoms with van der Waals surface area (Å²) in [5, 5.41) is 6.76. The molecule has 20 heavy (non-hydrogen) atoms. The normalized spacial score (nSPS) is 19.8. The Balaban J connectivity index is 2.40. The first-order chi connectivity index (χ1) is 9.40. The fourth-order valence-corrected chi connectivity index (χ4v) is 2.55. The van der Waals surface area contributed by atoms with Crippen molar-refractivity contribution in [2.24, 2.45) is 10.9 Å². The SMILES string of the molecule is CCNC(=NCC(C)CN1CCCCC1)NC(C)(C)C. The molecule has 0 aliphatic carbocycles. The number of rotatable bonds is 5. The number of nitrogens with zero attached hydrogens (tertiary/aromatic N) is 2. The van der Waals surface area contributed by atoms with Gasteiger partial charge in [0.1, 0.15) is 0 Å². The van der Waals surface area contributed by atoms with Gasteiger partial charge in [-0.15, -0.1) is 0 Å². The zero-order valence-electron chi connectivity index (χ0n) is 14.1. The van der Waals surface area contributed by atoms with Gasteiger partial charge in [0, 0.05) is 25.2 Å². The third kappa shape index (κ3) is 7.73. The average Bonchev–Trinajstić information content (AvgIpc) is 2.36. The quantitative estimate of drug-likeness (QED) is 0.601. The molecule has 0 aromatic carbocycles. The second-order valence-electron chi connectivity index (χ2n) is 7.06. The second-order valence-corrected chi connectivity index (χ2v) is 7.06. The van der Waals surface area contributed by atoms with E-state index in [1.54, 1.807) is 0 Å². The number of nitrogens with one attached hydrogen (secondary N) is 2. The predicted octanol–water partition coefficient (Wildman–Crippen LogP) is 2.46. The topological polar surface area (TPSA) is 39.7 Å². The maximum Gasteiger partial charge on any atom is 0.191 e. The molecule has 0 aromatic heterocycles. The van der Waals surface area contributed by atoms with Crippen molar-refractivity contribution in [3.8, 4) is 0 Å². The van der Waals surface area contributed by atoms with Crippen molar-refractivity contribution in [1.29, 1.82) is 0 Å². The van der Waals surface area contributed by atoms with Crippen LogP contribution in [0.4, 0.5) is 0 Å². The van der Waals surface area contributed by atoms with Crippen molar-refractivity contribution in [3.05, 3.63) is 0 Å². The summed E-state index contributed by atoms with van der Waals surface area (Å²) in [5.41, 5.74) is 0.0527. The van der Waals surface area contributed by atoms with Crippen molar-refractivity contribution < 1.29 is 0 Å². The van der Waals surface area contributed by atoms with Gasteiger partial charge in [0.2, 0.25) is 0 Å². The van der Waals surface area contributed by atoms with E-state index in [9.17, 15) is 0 Å². The molecule has 0 spiro atoms.